The van der Waals surface area contributed by atoms with Gasteiger partial charge in [0.2, 0.25) is 5.91 Å². The van der Waals surface area contributed by atoms with Crippen LogP contribution in [0.3, 0.4) is 0 Å². The summed E-state index contributed by atoms with van der Waals surface area (Å²) in [6.45, 7) is 3.43. The zero-order chi connectivity index (χ0) is 31.9. The van der Waals surface area contributed by atoms with Crippen LogP contribution in [-0.2, 0) is 27.9 Å². The van der Waals surface area contributed by atoms with Gasteiger partial charge in [0.1, 0.15) is 12.7 Å². The fraction of sp³-hybridized carbons (Fsp3) is 0.939. The first-order valence-electron chi connectivity index (χ1n) is 17.5. The normalized spacial score (nSPS) is 13.5. The number of aliphatic hydroxyl groups is 1. The lowest BCUT2D eigenvalue weighted by molar-refractivity contribution is -0.147. The summed E-state index contributed by atoms with van der Waals surface area (Å²) >= 11 is 0. The Morgan fingerprint density at radius 1 is 0.628 bits per heavy atom. The molecule has 0 bridgehead atoms. The molecule has 43 heavy (non-hydrogen) atoms. The lowest BCUT2D eigenvalue weighted by Crippen LogP contribution is -2.27. The molecule has 256 valence electrons. The average molecular weight is 636 g/mol. The van der Waals surface area contributed by atoms with E-state index in [1.165, 1.54) is 96.3 Å². The predicted molar refractivity (Wildman–Crippen MR) is 174 cm³/mol. The highest BCUT2D eigenvalue weighted by molar-refractivity contribution is 7.47. The third-order valence-electron chi connectivity index (χ3n) is 7.54. The molecule has 2 atom stereocenters. The summed E-state index contributed by atoms with van der Waals surface area (Å²) in [6.07, 6.45) is 26.6. The van der Waals surface area contributed by atoms with Crippen molar-refractivity contribution in [3.05, 3.63) is 0 Å². The summed E-state index contributed by atoms with van der Waals surface area (Å²) in [7, 11) is -4.38. The van der Waals surface area contributed by atoms with E-state index in [1.54, 1.807) is 0 Å². The van der Waals surface area contributed by atoms with Crippen LogP contribution in [0.1, 0.15) is 168 Å². The highest BCUT2D eigenvalue weighted by Gasteiger charge is 2.23. The number of carbonyl (C=O) groups excluding carboxylic acids is 2. The van der Waals surface area contributed by atoms with Gasteiger partial charge < -0.3 is 20.1 Å². The molecular formula is C33H66NO8P. The SMILES string of the molecule is CCCCCCCCCCCCCCCCCCCCC(=O)OCC(O)COP(=O)(O)OCCNC(=O)CCCCCC. The minimum Gasteiger partial charge on any atom is -0.463 e. The number of hydrogen-bond donors (Lipinski definition) is 3. The maximum Gasteiger partial charge on any atom is 0.472 e. The van der Waals surface area contributed by atoms with E-state index >= 15 is 0 Å². The van der Waals surface area contributed by atoms with E-state index in [-0.39, 0.29) is 32.1 Å². The number of unbranched alkanes of at least 4 members (excludes halogenated alkanes) is 20. The van der Waals surface area contributed by atoms with Gasteiger partial charge in [-0.1, -0.05) is 142 Å². The Bertz CT molecular complexity index is 694. The van der Waals surface area contributed by atoms with Crippen molar-refractivity contribution in [3.63, 3.8) is 0 Å². The van der Waals surface area contributed by atoms with E-state index in [4.69, 9.17) is 13.8 Å². The van der Waals surface area contributed by atoms with Gasteiger partial charge in [-0.15, -0.1) is 0 Å². The minimum atomic E-state index is -4.38. The molecule has 2 unspecified atom stereocenters. The quantitative estimate of drug-likeness (QED) is 0.0371. The maximum absolute atomic E-state index is 11.9. The summed E-state index contributed by atoms with van der Waals surface area (Å²) in [5, 5.41) is 12.5. The molecule has 1 amide bonds. The van der Waals surface area contributed by atoms with Gasteiger partial charge in [-0.05, 0) is 12.8 Å². The molecule has 3 N–H and O–H groups in total. The monoisotopic (exact) mass is 635 g/mol. The Balaban J connectivity index is 3.53. The van der Waals surface area contributed by atoms with E-state index in [0.717, 1.165) is 44.9 Å². The first kappa shape index (κ1) is 42.0. The topological polar surface area (TPSA) is 131 Å². The van der Waals surface area contributed by atoms with E-state index in [2.05, 4.69) is 19.2 Å². The van der Waals surface area contributed by atoms with Gasteiger partial charge >= 0.3 is 13.8 Å². The largest absolute Gasteiger partial charge is 0.472 e. The fourth-order valence-electron chi connectivity index (χ4n) is 4.85. The van der Waals surface area contributed by atoms with Crippen molar-refractivity contribution in [2.75, 3.05) is 26.4 Å². The van der Waals surface area contributed by atoms with Gasteiger partial charge in [0, 0.05) is 19.4 Å². The number of ether oxygens (including phenoxy) is 1. The molecule has 0 radical (unpaired) electrons. The van der Waals surface area contributed by atoms with Gasteiger partial charge in [0.05, 0.1) is 13.2 Å². The number of aliphatic hydroxyl groups excluding tert-OH is 1. The van der Waals surface area contributed by atoms with Crippen LogP contribution in [0.2, 0.25) is 0 Å². The molecule has 0 aromatic rings. The number of nitrogens with one attached hydrogen (secondary N) is 1. The van der Waals surface area contributed by atoms with Crippen LogP contribution in [0.5, 0.6) is 0 Å². The summed E-state index contributed by atoms with van der Waals surface area (Å²) in [5.41, 5.74) is 0. The van der Waals surface area contributed by atoms with Gasteiger partial charge in [-0.25, -0.2) is 4.57 Å². The van der Waals surface area contributed by atoms with Crippen molar-refractivity contribution in [2.24, 2.45) is 0 Å². The van der Waals surface area contributed by atoms with E-state index in [9.17, 15) is 24.2 Å². The molecule has 0 heterocycles. The lowest BCUT2D eigenvalue weighted by atomic mass is 10.0. The Morgan fingerprint density at radius 3 is 1.53 bits per heavy atom. The molecular weight excluding hydrogens is 569 g/mol. The first-order chi connectivity index (χ1) is 20.8. The Kier molecular flexibility index (Phi) is 30.3. The molecule has 0 aliphatic heterocycles. The molecule has 0 saturated carbocycles. The number of esters is 1. The molecule has 10 heteroatoms. The van der Waals surface area contributed by atoms with Crippen molar-refractivity contribution in [2.45, 2.75) is 174 Å². The van der Waals surface area contributed by atoms with Crippen LogP contribution in [-0.4, -0.2) is 54.3 Å². The van der Waals surface area contributed by atoms with Gasteiger partial charge in [-0.2, -0.15) is 0 Å². The average Bonchev–Trinajstić information content (AvgIpc) is 2.99. The van der Waals surface area contributed by atoms with E-state index < -0.39 is 26.5 Å². The summed E-state index contributed by atoms with van der Waals surface area (Å²) in [5.74, 6) is -0.528. The number of carbonyl (C=O) groups is 2. The highest BCUT2D eigenvalue weighted by Crippen LogP contribution is 2.42. The molecule has 0 aliphatic rings. The van der Waals surface area contributed by atoms with E-state index in [0.29, 0.717) is 6.42 Å². The second kappa shape index (κ2) is 31.0. The Hall–Kier alpha value is -0.990. The van der Waals surface area contributed by atoms with Gasteiger partial charge in [-0.3, -0.25) is 18.6 Å². The molecule has 0 aromatic carbocycles. The molecule has 0 fully saturated rings. The van der Waals surface area contributed by atoms with Crippen LogP contribution in [0.25, 0.3) is 0 Å². The number of phosphoric acid groups is 1. The summed E-state index contributed by atoms with van der Waals surface area (Å²) < 4.78 is 26.5. The maximum atomic E-state index is 11.9. The highest BCUT2D eigenvalue weighted by atomic mass is 31.2. The van der Waals surface area contributed by atoms with Crippen molar-refractivity contribution < 1.29 is 37.9 Å². The molecule has 0 saturated heterocycles. The molecule has 0 aromatic heterocycles. The van der Waals surface area contributed by atoms with Crippen LogP contribution < -0.4 is 5.32 Å². The van der Waals surface area contributed by atoms with Crippen molar-refractivity contribution >= 4 is 19.7 Å². The fourth-order valence-corrected chi connectivity index (χ4v) is 5.61. The van der Waals surface area contributed by atoms with Crippen molar-refractivity contribution in [1.29, 1.82) is 0 Å². The van der Waals surface area contributed by atoms with Crippen LogP contribution in [0.15, 0.2) is 0 Å². The van der Waals surface area contributed by atoms with Crippen LogP contribution >= 0.6 is 7.82 Å². The van der Waals surface area contributed by atoms with Gasteiger partial charge in [0.25, 0.3) is 0 Å². The third kappa shape index (κ3) is 32.2. The zero-order valence-corrected chi connectivity index (χ0v) is 28.6. The van der Waals surface area contributed by atoms with Gasteiger partial charge in [0.15, 0.2) is 0 Å². The standard InChI is InChI=1S/C33H66NO8P/c1-3-5-7-9-10-11-12-13-14-15-16-17-18-19-20-21-22-24-26-33(37)40-29-31(35)30-42-43(38,39)41-28-27-34-32(36)25-23-8-6-4-2/h31,35H,3-30H2,1-2H3,(H,34,36)(H,38,39). The van der Waals surface area contributed by atoms with Crippen LogP contribution in [0, 0.1) is 0 Å². The second-order valence-corrected chi connectivity index (χ2v) is 13.3. The lowest BCUT2D eigenvalue weighted by Gasteiger charge is -2.15. The smallest absolute Gasteiger partial charge is 0.463 e. The zero-order valence-electron chi connectivity index (χ0n) is 27.7. The predicted octanol–water partition coefficient (Wildman–Crippen LogP) is 8.54. The third-order valence-corrected chi connectivity index (χ3v) is 8.52. The number of phosphoric ester groups is 1. The molecule has 0 aliphatic carbocycles. The summed E-state index contributed by atoms with van der Waals surface area (Å²) in [6, 6.07) is 0. The summed E-state index contributed by atoms with van der Waals surface area (Å²) in [4.78, 5) is 33.3. The second-order valence-electron chi connectivity index (χ2n) is 11.9. The van der Waals surface area contributed by atoms with Crippen molar-refractivity contribution in [1.82, 2.24) is 5.32 Å². The molecule has 9 nitrogen and oxygen atoms in total. The van der Waals surface area contributed by atoms with E-state index in [1.807, 2.05) is 0 Å². The van der Waals surface area contributed by atoms with Crippen molar-refractivity contribution in [3.8, 4) is 0 Å². The van der Waals surface area contributed by atoms with Crippen LogP contribution in [0.4, 0.5) is 0 Å². The first-order valence-corrected chi connectivity index (χ1v) is 19.0. The molecule has 0 spiro atoms. The Labute approximate surface area is 263 Å². The molecule has 0 rings (SSSR count). The number of amides is 1. The number of hydrogen-bond acceptors (Lipinski definition) is 7. The minimum absolute atomic E-state index is 0.0835. The Morgan fingerprint density at radius 2 is 1.05 bits per heavy atom. The number of rotatable bonds is 33.